The molecule has 4 heteroatoms. The van der Waals surface area contributed by atoms with Gasteiger partial charge in [0.2, 0.25) is 0 Å². The van der Waals surface area contributed by atoms with Gasteiger partial charge in [-0.2, -0.15) is 0 Å². The van der Waals surface area contributed by atoms with E-state index in [4.69, 9.17) is 4.74 Å². The van der Waals surface area contributed by atoms with Crippen LogP contribution in [0.15, 0.2) is 0 Å². The van der Waals surface area contributed by atoms with E-state index in [1.54, 1.807) is 0 Å². The molecule has 0 aromatic carbocycles. The van der Waals surface area contributed by atoms with E-state index >= 15 is 0 Å². The molecule has 0 aromatic rings. The number of rotatable bonds is 38. The Bertz CT molecular complexity index is 553. The number of carbonyl (C=O) groups is 1. The van der Waals surface area contributed by atoms with Gasteiger partial charge in [-0.15, -0.1) is 0 Å². The highest BCUT2D eigenvalue weighted by Gasteiger charge is 2.14. The van der Waals surface area contributed by atoms with E-state index in [0.717, 1.165) is 45.3 Å². The van der Waals surface area contributed by atoms with Crippen molar-refractivity contribution in [2.45, 2.75) is 232 Å². The third-order valence-electron chi connectivity index (χ3n) is 9.66. The summed E-state index contributed by atoms with van der Waals surface area (Å²) < 4.78 is 6.02. The van der Waals surface area contributed by atoms with Gasteiger partial charge in [0, 0.05) is 13.0 Å². The summed E-state index contributed by atoms with van der Waals surface area (Å²) in [5, 5.41) is 9.51. The first-order chi connectivity index (χ1) is 22.2. The third-order valence-corrected chi connectivity index (χ3v) is 9.66. The summed E-state index contributed by atoms with van der Waals surface area (Å²) in [4.78, 5) is 15.1. The van der Waals surface area contributed by atoms with Crippen LogP contribution in [0.25, 0.3) is 0 Å². The predicted molar refractivity (Wildman–Crippen MR) is 198 cm³/mol. The van der Waals surface area contributed by atoms with Crippen LogP contribution in [0.1, 0.15) is 226 Å². The molecule has 0 unspecified atom stereocenters. The van der Waals surface area contributed by atoms with Gasteiger partial charge in [0.1, 0.15) is 6.10 Å². The lowest BCUT2D eigenvalue weighted by molar-refractivity contribution is -0.150. The summed E-state index contributed by atoms with van der Waals surface area (Å²) in [7, 11) is 0. The van der Waals surface area contributed by atoms with E-state index < -0.39 is 0 Å². The number of nitrogens with zero attached hydrogens (tertiary/aromatic N) is 1. The zero-order chi connectivity index (χ0) is 32.9. The maximum Gasteiger partial charge on any atom is 0.306 e. The Morgan fingerprint density at radius 1 is 0.467 bits per heavy atom. The number of unbranched alkanes of at least 4 members (excludes halogenated alkanes) is 25. The SMILES string of the molecule is CCCCCCCCCCCCCCN(CCO)CCCCCCCC(=O)OC(CCCCCCCC)CCCCCCCC. The first kappa shape index (κ1) is 44.4. The quantitative estimate of drug-likeness (QED) is 0.0540. The normalized spacial score (nSPS) is 11.7. The average Bonchev–Trinajstić information content (AvgIpc) is 3.04. The van der Waals surface area contributed by atoms with Crippen molar-refractivity contribution < 1.29 is 14.6 Å². The zero-order valence-corrected chi connectivity index (χ0v) is 31.2. The molecule has 0 aromatic heterocycles. The van der Waals surface area contributed by atoms with Crippen molar-refractivity contribution in [2.24, 2.45) is 0 Å². The Morgan fingerprint density at radius 3 is 1.18 bits per heavy atom. The number of aliphatic hydroxyl groups is 1. The standard InChI is InChI=1S/C41H83NO3/c1-4-7-10-13-16-17-18-19-20-21-26-31-36-42(38-39-43)37-32-27-22-25-30-35-41(44)45-40(33-28-23-14-11-8-5-2)34-29-24-15-12-9-6-3/h40,43H,4-39H2,1-3H3. The van der Waals surface area contributed by atoms with Gasteiger partial charge in [0.25, 0.3) is 0 Å². The molecule has 0 spiro atoms. The number of ether oxygens (including phenoxy) is 1. The van der Waals surface area contributed by atoms with Crippen molar-refractivity contribution in [3.63, 3.8) is 0 Å². The molecule has 0 bridgehead atoms. The molecule has 0 aliphatic carbocycles. The second-order valence-electron chi connectivity index (χ2n) is 14.2. The molecule has 0 aliphatic heterocycles. The molecule has 4 nitrogen and oxygen atoms in total. The highest BCUT2D eigenvalue weighted by atomic mass is 16.5. The smallest absolute Gasteiger partial charge is 0.306 e. The Balaban J connectivity index is 3.95. The molecule has 0 aliphatic rings. The van der Waals surface area contributed by atoms with Crippen molar-refractivity contribution in [1.29, 1.82) is 0 Å². The lowest BCUT2D eigenvalue weighted by Gasteiger charge is -2.21. The number of esters is 1. The minimum Gasteiger partial charge on any atom is -0.462 e. The van der Waals surface area contributed by atoms with E-state index in [9.17, 15) is 9.90 Å². The lowest BCUT2D eigenvalue weighted by atomic mass is 10.0. The molecule has 0 rings (SSSR count). The molecule has 0 saturated carbocycles. The summed E-state index contributed by atoms with van der Waals surface area (Å²) in [6.45, 7) is 10.1. The Morgan fingerprint density at radius 2 is 0.800 bits per heavy atom. The van der Waals surface area contributed by atoms with Crippen LogP contribution >= 0.6 is 0 Å². The van der Waals surface area contributed by atoms with Gasteiger partial charge in [0.15, 0.2) is 0 Å². The van der Waals surface area contributed by atoms with Crippen LogP contribution in [-0.2, 0) is 9.53 Å². The molecular weight excluding hydrogens is 554 g/mol. The van der Waals surface area contributed by atoms with Gasteiger partial charge in [-0.25, -0.2) is 0 Å². The fraction of sp³-hybridized carbons (Fsp3) is 0.976. The Hall–Kier alpha value is -0.610. The van der Waals surface area contributed by atoms with Gasteiger partial charge < -0.3 is 14.7 Å². The molecule has 45 heavy (non-hydrogen) atoms. The molecule has 270 valence electrons. The van der Waals surface area contributed by atoms with Crippen molar-refractivity contribution in [1.82, 2.24) is 4.90 Å². The molecule has 0 amide bonds. The predicted octanol–water partition coefficient (Wildman–Crippen LogP) is 12.7. The minimum atomic E-state index is 0.0356. The van der Waals surface area contributed by atoms with Gasteiger partial charge in [0.05, 0.1) is 6.61 Å². The van der Waals surface area contributed by atoms with Crippen LogP contribution in [0.5, 0.6) is 0 Å². The fourth-order valence-electron chi connectivity index (χ4n) is 6.60. The summed E-state index contributed by atoms with van der Waals surface area (Å²) in [6.07, 6.45) is 40.7. The highest BCUT2D eigenvalue weighted by Crippen LogP contribution is 2.18. The largest absolute Gasteiger partial charge is 0.462 e. The number of aliphatic hydroxyl groups excluding tert-OH is 1. The van der Waals surface area contributed by atoms with Crippen LogP contribution in [0.3, 0.4) is 0 Å². The van der Waals surface area contributed by atoms with E-state index in [2.05, 4.69) is 25.7 Å². The van der Waals surface area contributed by atoms with Gasteiger partial charge >= 0.3 is 5.97 Å². The molecule has 0 heterocycles. The van der Waals surface area contributed by atoms with Crippen LogP contribution < -0.4 is 0 Å². The van der Waals surface area contributed by atoms with Crippen molar-refractivity contribution in [2.75, 3.05) is 26.2 Å². The molecule has 0 atom stereocenters. The second-order valence-corrected chi connectivity index (χ2v) is 14.2. The number of carbonyl (C=O) groups excluding carboxylic acids is 1. The maximum absolute atomic E-state index is 12.7. The topological polar surface area (TPSA) is 49.8 Å². The van der Waals surface area contributed by atoms with Crippen molar-refractivity contribution in [3.05, 3.63) is 0 Å². The van der Waals surface area contributed by atoms with Crippen LogP contribution in [0, 0.1) is 0 Å². The lowest BCUT2D eigenvalue weighted by Crippen LogP contribution is -2.29. The monoisotopic (exact) mass is 638 g/mol. The van der Waals surface area contributed by atoms with Crippen molar-refractivity contribution >= 4 is 5.97 Å². The number of hydrogen-bond donors (Lipinski definition) is 1. The second kappa shape index (κ2) is 37.8. The van der Waals surface area contributed by atoms with E-state index in [1.807, 2.05) is 0 Å². The Kier molecular flexibility index (Phi) is 37.3. The summed E-state index contributed by atoms with van der Waals surface area (Å²) in [5.74, 6) is 0.0356. The number of hydrogen-bond acceptors (Lipinski definition) is 4. The van der Waals surface area contributed by atoms with Crippen LogP contribution in [0.4, 0.5) is 0 Å². The van der Waals surface area contributed by atoms with Crippen molar-refractivity contribution in [3.8, 4) is 0 Å². The molecule has 0 saturated heterocycles. The van der Waals surface area contributed by atoms with Gasteiger partial charge in [-0.3, -0.25) is 4.79 Å². The summed E-state index contributed by atoms with van der Waals surface area (Å²) in [6, 6.07) is 0. The zero-order valence-electron chi connectivity index (χ0n) is 31.2. The first-order valence-corrected chi connectivity index (χ1v) is 20.7. The van der Waals surface area contributed by atoms with E-state index in [1.165, 1.54) is 173 Å². The first-order valence-electron chi connectivity index (χ1n) is 20.7. The van der Waals surface area contributed by atoms with E-state index in [-0.39, 0.29) is 18.7 Å². The fourth-order valence-corrected chi connectivity index (χ4v) is 6.60. The summed E-state index contributed by atoms with van der Waals surface area (Å²) >= 11 is 0. The average molecular weight is 638 g/mol. The molecule has 0 radical (unpaired) electrons. The Labute approximate surface area is 283 Å². The van der Waals surface area contributed by atoms with Crippen LogP contribution in [0.2, 0.25) is 0 Å². The van der Waals surface area contributed by atoms with Gasteiger partial charge in [-0.1, -0.05) is 175 Å². The minimum absolute atomic E-state index is 0.0356. The molecular formula is C41H83NO3. The summed E-state index contributed by atoms with van der Waals surface area (Å²) in [5.41, 5.74) is 0. The maximum atomic E-state index is 12.7. The van der Waals surface area contributed by atoms with Gasteiger partial charge in [-0.05, 0) is 58.0 Å². The third kappa shape index (κ3) is 34.5. The molecule has 1 N–H and O–H groups in total. The highest BCUT2D eigenvalue weighted by molar-refractivity contribution is 5.69. The molecule has 0 fully saturated rings. The van der Waals surface area contributed by atoms with E-state index in [0.29, 0.717) is 6.42 Å². The van der Waals surface area contributed by atoms with Crippen LogP contribution in [-0.4, -0.2) is 48.3 Å².